The molecule has 0 aliphatic rings. The highest BCUT2D eigenvalue weighted by Crippen LogP contribution is 2.25. The standard InChI is InChI=1S/C13H20BNO5/c1-12(2,17)13(3,4)20-14(18)9-7-6-8-15-10(9)11(16)19-5/h6-8,17-18H,1-5H3. The predicted octanol–water partition coefficient (Wildman–Crippen LogP) is 0.122. The number of hydrogen-bond donors (Lipinski definition) is 2. The molecule has 0 atom stereocenters. The number of ether oxygens (including phenoxy) is 1. The van der Waals surface area contributed by atoms with Crippen molar-refractivity contribution in [1.29, 1.82) is 0 Å². The molecule has 0 aliphatic heterocycles. The highest BCUT2D eigenvalue weighted by molar-refractivity contribution is 6.61. The normalized spacial score (nSPS) is 12.2. The molecule has 1 aromatic rings. The van der Waals surface area contributed by atoms with Crippen molar-refractivity contribution in [2.75, 3.05) is 7.11 Å². The first-order valence-electron chi connectivity index (χ1n) is 6.21. The molecule has 0 saturated heterocycles. The van der Waals surface area contributed by atoms with E-state index in [2.05, 4.69) is 9.72 Å². The van der Waals surface area contributed by atoms with Crippen LogP contribution in [0.5, 0.6) is 0 Å². The Balaban J connectivity index is 3.05. The summed E-state index contributed by atoms with van der Waals surface area (Å²) >= 11 is 0. The van der Waals surface area contributed by atoms with Crippen molar-refractivity contribution in [3.63, 3.8) is 0 Å². The van der Waals surface area contributed by atoms with E-state index in [1.807, 2.05) is 0 Å². The molecule has 2 N–H and O–H groups in total. The number of pyridine rings is 1. The summed E-state index contributed by atoms with van der Waals surface area (Å²) in [6.45, 7) is 6.43. The summed E-state index contributed by atoms with van der Waals surface area (Å²) in [6, 6.07) is 3.09. The zero-order valence-electron chi connectivity index (χ0n) is 12.4. The minimum atomic E-state index is -1.40. The molecule has 1 rings (SSSR count). The Morgan fingerprint density at radius 2 is 1.95 bits per heavy atom. The Morgan fingerprint density at radius 1 is 1.35 bits per heavy atom. The van der Waals surface area contributed by atoms with Gasteiger partial charge in [0, 0.05) is 11.7 Å². The van der Waals surface area contributed by atoms with Gasteiger partial charge in [-0.25, -0.2) is 9.78 Å². The quantitative estimate of drug-likeness (QED) is 0.588. The molecule has 0 spiro atoms. The van der Waals surface area contributed by atoms with Crippen molar-refractivity contribution in [3.8, 4) is 0 Å². The van der Waals surface area contributed by atoms with Gasteiger partial charge in [-0.1, -0.05) is 6.07 Å². The molecule has 6 nitrogen and oxygen atoms in total. The highest BCUT2D eigenvalue weighted by atomic mass is 16.5. The lowest BCUT2D eigenvalue weighted by atomic mass is 9.75. The molecule has 20 heavy (non-hydrogen) atoms. The molecule has 1 aromatic heterocycles. The summed E-state index contributed by atoms with van der Waals surface area (Å²) in [5.41, 5.74) is -2.04. The van der Waals surface area contributed by atoms with Crippen LogP contribution in [0.2, 0.25) is 0 Å². The molecular weight excluding hydrogens is 261 g/mol. The monoisotopic (exact) mass is 281 g/mol. The Morgan fingerprint density at radius 3 is 2.45 bits per heavy atom. The number of hydrogen-bond acceptors (Lipinski definition) is 6. The third kappa shape index (κ3) is 3.56. The number of aliphatic hydroxyl groups is 1. The van der Waals surface area contributed by atoms with Crippen LogP contribution in [0.3, 0.4) is 0 Å². The van der Waals surface area contributed by atoms with E-state index in [1.165, 1.54) is 19.4 Å². The van der Waals surface area contributed by atoms with Crippen LogP contribution >= 0.6 is 0 Å². The van der Waals surface area contributed by atoms with Crippen molar-refractivity contribution in [3.05, 3.63) is 24.0 Å². The first-order chi connectivity index (χ1) is 9.10. The predicted molar refractivity (Wildman–Crippen MR) is 74.6 cm³/mol. The van der Waals surface area contributed by atoms with Gasteiger partial charge >= 0.3 is 13.1 Å². The number of nitrogens with zero attached hydrogens (tertiary/aromatic N) is 1. The van der Waals surface area contributed by atoms with Gasteiger partial charge in [0.25, 0.3) is 0 Å². The minimum Gasteiger partial charge on any atom is -0.464 e. The molecule has 0 fully saturated rings. The third-order valence-corrected chi connectivity index (χ3v) is 3.36. The Hall–Kier alpha value is -1.44. The number of aromatic nitrogens is 1. The Bertz CT molecular complexity index is 484. The number of esters is 1. The van der Waals surface area contributed by atoms with E-state index in [0.29, 0.717) is 0 Å². The van der Waals surface area contributed by atoms with Crippen LogP contribution in [0, 0.1) is 0 Å². The second-order valence-electron chi connectivity index (χ2n) is 5.47. The van der Waals surface area contributed by atoms with Crippen LogP contribution in [-0.4, -0.2) is 46.5 Å². The molecule has 0 bridgehead atoms. The number of carbonyl (C=O) groups excluding carboxylic acids is 1. The summed E-state index contributed by atoms with van der Waals surface area (Å²) in [7, 11) is -0.173. The van der Waals surface area contributed by atoms with E-state index in [-0.39, 0.29) is 11.2 Å². The third-order valence-electron chi connectivity index (χ3n) is 3.36. The second-order valence-corrected chi connectivity index (χ2v) is 5.47. The Labute approximate surface area is 118 Å². The van der Waals surface area contributed by atoms with Crippen LogP contribution < -0.4 is 5.46 Å². The van der Waals surface area contributed by atoms with Gasteiger partial charge in [0.2, 0.25) is 0 Å². The van der Waals surface area contributed by atoms with E-state index in [1.54, 1.807) is 33.8 Å². The smallest absolute Gasteiger partial charge is 0.464 e. The average Bonchev–Trinajstić information content (AvgIpc) is 2.36. The Kier molecular flexibility index (Phi) is 4.91. The van der Waals surface area contributed by atoms with Crippen molar-refractivity contribution >= 4 is 18.6 Å². The van der Waals surface area contributed by atoms with Crippen LogP contribution in [0.25, 0.3) is 0 Å². The van der Waals surface area contributed by atoms with Crippen molar-refractivity contribution in [1.82, 2.24) is 4.98 Å². The largest absolute Gasteiger partial charge is 0.494 e. The summed E-state index contributed by atoms with van der Waals surface area (Å²) in [4.78, 5) is 15.5. The molecule has 0 aromatic carbocycles. The van der Waals surface area contributed by atoms with Gasteiger partial charge in [0.05, 0.1) is 18.3 Å². The zero-order chi connectivity index (χ0) is 15.6. The molecule has 0 radical (unpaired) electrons. The maximum Gasteiger partial charge on any atom is 0.494 e. The van der Waals surface area contributed by atoms with Gasteiger partial charge in [-0.15, -0.1) is 0 Å². The van der Waals surface area contributed by atoms with Crippen LogP contribution in [0.15, 0.2) is 18.3 Å². The molecule has 0 unspecified atom stereocenters. The van der Waals surface area contributed by atoms with E-state index in [4.69, 9.17) is 4.65 Å². The highest BCUT2D eigenvalue weighted by Gasteiger charge is 2.40. The maximum atomic E-state index is 11.6. The molecule has 0 aliphatic carbocycles. The lowest BCUT2D eigenvalue weighted by Crippen LogP contribution is -2.53. The number of methoxy groups -OCH3 is 1. The first kappa shape index (κ1) is 16.6. The van der Waals surface area contributed by atoms with E-state index >= 15 is 0 Å². The summed E-state index contributed by atoms with van der Waals surface area (Å²) in [5, 5.41) is 20.2. The fraction of sp³-hybridized carbons (Fsp3) is 0.538. The van der Waals surface area contributed by atoms with E-state index in [0.717, 1.165) is 0 Å². The number of carbonyl (C=O) groups is 1. The van der Waals surface area contributed by atoms with Gasteiger partial charge in [-0.2, -0.15) is 0 Å². The first-order valence-corrected chi connectivity index (χ1v) is 6.21. The van der Waals surface area contributed by atoms with Crippen molar-refractivity contribution in [2.24, 2.45) is 0 Å². The van der Waals surface area contributed by atoms with Gasteiger partial charge < -0.3 is 19.5 Å². The van der Waals surface area contributed by atoms with E-state index < -0.39 is 24.3 Å². The minimum absolute atomic E-state index is 0.0194. The lowest BCUT2D eigenvalue weighted by Gasteiger charge is -2.38. The fourth-order valence-electron chi connectivity index (χ4n) is 1.37. The number of rotatable bonds is 5. The van der Waals surface area contributed by atoms with Crippen LogP contribution in [0.1, 0.15) is 38.2 Å². The average molecular weight is 281 g/mol. The second kappa shape index (κ2) is 5.91. The topological polar surface area (TPSA) is 88.9 Å². The van der Waals surface area contributed by atoms with Gasteiger partial charge in [0.15, 0.2) is 0 Å². The SMILES string of the molecule is COC(=O)c1ncccc1B(O)OC(C)(C)C(C)(C)O. The molecular formula is C13H20BNO5. The molecule has 1 heterocycles. The van der Waals surface area contributed by atoms with E-state index in [9.17, 15) is 14.9 Å². The van der Waals surface area contributed by atoms with Crippen LogP contribution in [-0.2, 0) is 9.39 Å². The zero-order valence-corrected chi connectivity index (χ0v) is 12.4. The lowest BCUT2D eigenvalue weighted by molar-refractivity contribution is -0.0982. The van der Waals surface area contributed by atoms with Gasteiger partial charge in [-0.3, -0.25) is 0 Å². The molecule has 0 saturated carbocycles. The van der Waals surface area contributed by atoms with Gasteiger partial charge in [-0.05, 0) is 33.8 Å². The van der Waals surface area contributed by atoms with Crippen molar-refractivity contribution in [2.45, 2.75) is 38.9 Å². The molecule has 0 amide bonds. The summed E-state index contributed by atoms with van der Waals surface area (Å²) in [5.74, 6) is -0.663. The van der Waals surface area contributed by atoms with Gasteiger partial charge in [0.1, 0.15) is 5.69 Å². The summed E-state index contributed by atoms with van der Waals surface area (Å²) < 4.78 is 10.1. The maximum absolute atomic E-state index is 11.6. The molecule has 7 heteroatoms. The molecule has 110 valence electrons. The fourth-order valence-corrected chi connectivity index (χ4v) is 1.37. The summed E-state index contributed by atoms with van der Waals surface area (Å²) in [6.07, 6.45) is 1.42. The van der Waals surface area contributed by atoms with Crippen molar-refractivity contribution < 1.29 is 24.3 Å². The van der Waals surface area contributed by atoms with Crippen LogP contribution in [0.4, 0.5) is 0 Å².